The van der Waals surface area contributed by atoms with Crippen molar-refractivity contribution in [3.8, 4) is 0 Å². The molecule has 0 aliphatic heterocycles. The molecule has 0 aliphatic rings. The van der Waals surface area contributed by atoms with E-state index >= 15 is 0 Å². The molecule has 4 heteroatoms. The van der Waals surface area contributed by atoms with Crippen LogP contribution in [0.4, 0.5) is 0 Å². The lowest BCUT2D eigenvalue weighted by atomic mass is 10.2. The Morgan fingerprint density at radius 2 is 2.12 bits per heavy atom. The Kier molecular flexibility index (Phi) is 5.22. The van der Waals surface area contributed by atoms with E-state index in [1.165, 1.54) is 17.0 Å². The minimum Gasteiger partial charge on any atom is -0.349 e. The van der Waals surface area contributed by atoms with E-state index in [-0.39, 0.29) is 0 Å². The van der Waals surface area contributed by atoms with Crippen LogP contribution in [-0.2, 0) is 23.9 Å². The van der Waals surface area contributed by atoms with Crippen molar-refractivity contribution in [3.63, 3.8) is 0 Å². The molecule has 1 atom stereocenters. The Morgan fingerprint density at radius 1 is 1.44 bits per heavy atom. The Balaban J connectivity index is 2.51. The van der Waals surface area contributed by atoms with Crippen molar-refractivity contribution in [2.45, 2.75) is 33.9 Å². The highest BCUT2D eigenvalue weighted by atomic mass is 32.2. The summed E-state index contributed by atoms with van der Waals surface area (Å²) in [5, 5.41) is 3.33. The Morgan fingerprint density at radius 3 is 2.62 bits per heavy atom. The molecule has 0 saturated carbocycles. The number of aryl methyl sites for hydroxylation is 1. The van der Waals surface area contributed by atoms with E-state index < -0.39 is 10.8 Å². The molecule has 0 radical (unpaired) electrons. The third-order valence-electron chi connectivity index (χ3n) is 2.88. The summed E-state index contributed by atoms with van der Waals surface area (Å²) in [6, 6.07) is 2.23. The molecule has 16 heavy (non-hydrogen) atoms. The number of hydrogen-bond donors (Lipinski definition) is 1. The zero-order valence-corrected chi connectivity index (χ0v) is 11.5. The number of aromatic nitrogens is 1. The molecule has 92 valence electrons. The largest absolute Gasteiger partial charge is 0.349 e. The van der Waals surface area contributed by atoms with Gasteiger partial charge >= 0.3 is 0 Å². The first kappa shape index (κ1) is 13.5. The summed E-state index contributed by atoms with van der Waals surface area (Å²) in [5.41, 5.74) is 4.00. The number of hydrogen-bond acceptors (Lipinski definition) is 2. The summed E-state index contributed by atoms with van der Waals surface area (Å²) in [4.78, 5) is 0. The van der Waals surface area contributed by atoms with E-state index in [0.717, 1.165) is 25.4 Å². The Bertz CT molecular complexity index is 371. The standard InChI is InChI=1S/C12H22N2OS/c1-5-14-10(2)8-12(11(14)3)9-13-6-7-16(4)15/h8,13H,5-7,9H2,1-4H3. The van der Waals surface area contributed by atoms with Gasteiger partial charge in [-0.05, 0) is 32.4 Å². The van der Waals surface area contributed by atoms with Crippen LogP contribution in [0.5, 0.6) is 0 Å². The molecular formula is C12H22N2OS. The molecule has 1 N–H and O–H groups in total. The normalized spacial score (nSPS) is 13.0. The zero-order chi connectivity index (χ0) is 12.1. The van der Waals surface area contributed by atoms with Gasteiger partial charge in [-0.2, -0.15) is 0 Å². The second-order valence-corrected chi connectivity index (χ2v) is 5.65. The van der Waals surface area contributed by atoms with Gasteiger partial charge in [-0.1, -0.05) is 0 Å². The Hall–Kier alpha value is -0.610. The minimum absolute atomic E-state index is 0.697. The van der Waals surface area contributed by atoms with Gasteiger partial charge in [0.1, 0.15) is 0 Å². The monoisotopic (exact) mass is 242 g/mol. The summed E-state index contributed by atoms with van der Waals surface area (Å²) in [7, 11) is -0.697. The molecule has 3 nitrogen and oxygen atoms in total. The number of nitrogens with one attached hydrogen (secondary N) is 1. The average Bonchev–Trinajstić information content (AvgIpc) is 2.48. The van der Waals surface area contributed by atoms with Crippen LogP contribution < -0.4 is 5.32 Å². The quantitative estimate of drug-likeness (QED) is 0.769. The second kappa shape index (κ2) is 6.21. The van der Waals surface area contributed by atoms with Crippen molar-refractivity contribution >= 4 is 10.8 Å². The highest BCUT2D eigenvalue weighted by molar-refractivity contribution is 7.84. The van der Waals surface area contributed by atoms with Crippen LogP contribution >= 0.6 is 0 Å². The van der Waals surface area contributed by atoms with E-state index in [1.54, 1.807) is 6.26 Å². The highest BCUT2D eigenvalue weighted by Crippen LogP contribution is 2.14. The maximum Gasteiger partial charge on any atom is 0.0357 e. The van der Waals surface area contributed by atoms with Crippen LogP contribution in [0.2, 0.25) is 0 Å². The van der Waals surface area contributed by atoms with Crippen LogP contribution in [0, 0.1) is 13.8 Å². The van der Waals surface area contributed by atoms with Gasteiger partial charge in [0, 0.05) is 53.8 Å². The van der Waals surface area contributed by atoms with Crippen LogP contribution in [0.3, 0.4) is 0 Å². The average molecular weight is 242 g/mol. The molecule has 0 saturated heterocycles. The lowest BCUT2D eigenvalue weighted by Crippen LogP contribution is -2.19. The van der Waals surface area contributed by atoms with Crippen molar-refractivity contribution in [2.24, 2.45) is 0 Å². The predicted octanol–water partition coefficient (Wildman–Crippen LogP) is 1.59. The first-order chi connectivity index (χ1) is 7.56. The van der Waals surface area contributed by atoms with Gasteiger partial charge in [-0.3, -0.25) is 4.21 Å². The fraction of sp³-hybridized carbons (Fsp3) is 0.667. The topological polar surface area (TPSA) is 34.0 Å². The molecule has 0 aromatic carbocycles. The van der Waals surface area contributed by atoms with Gasteiger partial charge in [0.2, 0.25) is 0 Å². The molecular weight excluding hydrogens is 220 g/mol. The van der Waals surface area contributed by atoms with E-state index in [4.69, 9.17) is 0 Å². The van der Waals surface area contributed by atoms with Gasteiger partial charge in [0.15, 0.2) is 0 Å². The summed E-state index contributed by atoms with van der Waals surface area (Å²) < 4.78 is 13.2. The van der Waals surface area contributed by atoms with E-state index in [2.05, 4.69) is 36.7 Å². The third-order valence-corrected chi connectivity index (χ3v) is 3.66. The zero-order valence-electron chi connectivity index (χ0n) is 10.7. The van der Waals surface area contributed by atoms with Gasteiger partial charge in [0.25, 0.3) is 0 Å². The minimum atomic E-state index is -0.697. The lowest BCUT2D eigenvalue weighted by Gasteiger charge is -2.06. The fourth-order valence-electron chi connectivity index (χ4n) is 1.98. The molecule has 0 fully saturated rings. The summed E-state index contributed by atoms with van der Waals surface area (Å²) in [5.74, 6) is 0.729. The predicted molar refractivity (Wildman–Crippen MR) is 70.2 cm³/mol. The van der Waals surface area contributed by atoms with Crippen molar-refractivity contribution in [2.75, 3.05) is 18.6 Å². The number of rotatable bonds is 6. The fourth-order valence-corrected chi connectivity index (χ4v) is 2.41. The van der Waals surface area contributed by atoms with E-state index in [0.29, 0.717) is 0 Å². The van der Waals surface area contributed by atoms with E-state index in [9.17, 15) is 4.21 Å². The molecule has 0 spiro atoms. The first-order valence-corrected chi connectivity index (χ1v) is 7.45. The first-order valence-electron chi connectivity index (χ1n) is 5.72. The molecule has 0 amide bonds. The molecule has 1 heterocycles. The van der Waals surface area contributed by atoms with Crippen molar-refractivity contribution in [1.29, 1.82) is 0 Å². The lowest BCUT2D eigenvalue weighted by molar-refractivity contribution is 0.673. The summed E-state index contributed by atoms with van der Waals surface area (Å²) in [6.07, 6.45) is 1.74. The molecule has 0 bridgehead atoms. The van der Waals surface area contributed by atoms with E-state index in [1.807, 2.05) is 0 Å². The van der Waals surface area contributed by atoms with Crippen molar-refractivity contribution < 1.29 is 4.21 Å². The summed E-state index contributed by atoms with van der Waals surface area (Å²) >= 11 is 0. The SMILES string of the molecule is CCn1c(C)cc(CNCCS(C)=O)c1C. The van der Waals surface area contributed by atoms with Crippen molar-refractivity contribution in [1.82, 2.24) is 9.88 Å². The molecule has 1 aromatic rings. The van der Waals surface area contributed by atoms with Gasteiger partial charge < -0.3 is 9.88 Å². The maximum atomic E-state index is 10.9. The Labute approximate surface area is 101 Å². The van der Waals surface area contributed by atoms with Crippen LogP contribution in [0.1, 0.15) is 23.9 Å². The third kappa shape index (κ3) is 3.46. The van der Waals surface area contributed by atoms with Crippen molar-refractivity contribution in [3.05, 3.63) is 23.0 Å². The van der Waals surface area contributed by atoms with Gasteiger partial charge in [-0.15, -0.1) is 0 Å². The molecule has 1 rings (SSSR count). The van der Waals surface area contributed by atoms with Crippen LogP contribution in [0.15, 0.2) is 6.07 Å². The maximum absolute atomic E-state index is 10.9. The second-order valence-electron chi connectivity index (χ2n) is 4.09. The molecule has 1 unspecified atom stereocenters. The smallest absolute Gasteiger partial charge is 0.0357 e. The number of nitrogens with zero attached hydrogens (tertiary/aromatic N) is 1. The van der Waals surface area contributed by atoms with Crippen LogP contribution in [0.25, 0.3) is 0 Å². The van der Waals surface area contributed by atoms with Crippen LogP contribution in [-0.4, -0.2) is 27.3 Å². The van der Waals surface area contributed by atoms with Gasteiger partial charge in [-0.25, -0.2) is 0 Å². The summed E-state index contributed by atoms with van der Waals surface area (Å²) in [6.45, 7) is 9.18. The molecule has 1 aromatic heterocycles. The van der Waals surface area contributed by atoms with Gasteiger partial charge in [0.05, 0.1) is 0 Å². The molecule has 0 aliphatic carbocycles. The highest BCUT2D eigenvalue weighted by Gasteiger charge is 2.06.